The van der Waals surface area contributed by atoms with Gasteiger partial charge in [0.15, 0.2) is 0 Å². The number of carbonyl (C=O) groups is 1. The second-order valence-corrected chi connectivity index (χ2v) is 3.57. The van der Waals surface area contributed by atoms with Crippen molar-refractivity contribution in [2.24, 2.45) is 0 Å². The molecule has 1 heterocycles. The lowest BCUT2D eigenvalue weighted by Crippen LogP contribution is -2.43. The number of para-hydroxylation sites is 1. The Morgan fingerprint density at radius 3 is 2.93 bits per heavy atom. The maximum atomic E-state index is 10.8. The van der Waals surface area contributed by atoms with Crippen LogP contribution in [0.1, 0.15) is 5.56 Å². The standard InChI is InChI=1S/C11H13NO3/c13-10-4-2-1-3-8(10)5-9-6-12-11(14)7-15-9/h1-4,9,13H,5-7H2,(H,12,14). The van der Waals surface area contributed by atoms with Crippen molar-refractivity contribution in [1.29, 1.82) is 0 Å². The molecule has 0 aliphatic carbocycles. The van der Waals surface area contributed by atoms with E-state index in [0.29, 0.717) is 13.0 Å². The summed E-state index contributed by atoms with van der Waals surface area (Å²) in [4.78, 5) is 10.8. The van der Waals surface area contributed by atoms with Crippen molar-refractivity contribution in [3.8, 4) is 5.75 Å². The van der Waals surface area contributed by atoms with Gasteiger partial charge in [0, 0.05) is 13.0 Å². The number of hydrogen-bond acceptors (Lipinski definition) is 3. The number of hydrogen-bond donors (Lipinski definition) is 2. The summed E-state index contributed by atoms with van der Waals surface area (Å²) >= 11 is 0. The minimum atomic E-state index is -0.0801. The fourth-order valence-corrected chi connectivity index (χ4v) is 1.59. The highest BCUT2D eigenvalue weighted by atomic mass is 16.5. The molecule has 1 aromatic carbocycles. The van der Waals surface area contributed by atoms with E-state index in [-0.39, 0.29) is 24.4 Å². The number of nitrogens with one attached hydrogen (secondary N) is 1. The third-order valence-corrected chi connectivity index (χ3v) is 2.42. The molecule has 0 spiro atoms. The summed E-state index contributed by atoms with van der Waals surface area (Å²) < 4.78 is 5.33. The van der Waals surface area contributed by atoms with Crippen LogP contribution in [0.5, 0.6) is 5.75 Å². The van der Waals surface area contributed by atoms with Gasteiger partial charge in [0.2, 0.25) is 5.91 Å². The molecule has 1 atom stereocenters. The Hall–Kier alpha value is -1.55. The van der Waals surface area contributed by atoms with E-state index < -0.39 is 0 Å². The van der Waals surface area contributed by atoms with E-state index in [0.717, 1.165) is 5.56 Å². The van der Waals surface area contributed by atoms with Crippen LogP contribution in [0.4, 0.5) is 0 Å². The molecule has 15 heavy (non-hydrogen) atoms. The fraction of sp³-hybridized carbons (Fsp3) is 0.364. The maximum Gasteiger partial charge on any atom is 0.246 e. The fourth-order valence-electron chi connectivity index (χ4n) is 1.59. The van der Waals surface area contributed by atoms with Crippen LogP contribution in [-0.4, -0.2) is 30.3 Å². The van der Waals surface area contributed by atoms with Crippen molar-refractivity contribution in [1.82, 2.24) is 5.32 Å². The Morgan fingerprint density at radius 1 is 1.47 bits per heavy atom. The smallest absolute Gasteiger partial charge is 0.246 e. The molecule has 0 radical (unpaired) electrons. The number of phenols is 1. The van der Waals surface area contributed by atoms with Crippen LogP contribution < -0.4 is 5.32 Å². The number of phenolic OH excluding ortho intramolecular Hbond substituents is 1. The normalized spacial score (nSPS) is 21.1. The highest BCUT2D eigenvalue weighted by Gasteiger charge is 2.19. The first-order chi connectivity index (χ1) is 7.25. The summed E-state index contributed by atoms with van der Waals surface area (Å²) in [5, 5.41) is 12.3. The summed E-state index contributed by atoms with van der Waals surface area (Å²) in [5.74, 6) is 0.196. The zero-order chi connectivity index (χ0) is 10.7. The SMILES string of the molecule is O=C1COC(Cc2ccccc2O)CN1. The first-order valence-electron chi connectivity index (χ1n) is 4.91. The second kappa shape index (κ2) is 4.31. The summed E-state index contributed by atoms with van der Waals surface area (Å²) in [6, 6.07) is 7.16. The molecule has 0 aromatic heterocycles. The Bertz CT molecular complexity index is 355. The number of benzene rings is 1. The van der Waals surface area contributed by atoms with Gasteiger partial charge >= 0.3 is 0 Å². The first kappa shape index (κ1) is 9.98. The molecule has 2 rings (SSSR count). The van der Waals surface area contributed by atoms with Crippen LogP contribution in [0, 0.1) is 0 Å². The highest BCUT2D eigenvalue weighted by molar-refractivity contribution is 5.77. The quantitative estimate of drug-likeness (QED) is 0.740. The van der Waals surface area contributed by atoms with Crippen molar-refractivity contribution >= 4 is 5.91 Å². The number of amides is 1. The molecular weight excluding hydrogens is 194 g/mol. The van der Waals surface area contributed by atoms with Crippen LogP contribution in [-0.2, 0) is 16.0 Å². The van der Waals surface area contributed by atoms with Crippen LogP contribution in [0.15, 0.2) is 24.3 Å². The van der Waals surface area contributed by atoms with Crippen LogP contribution >= 0.6 is 0 Å². The first-order valence-corrected chi connectivity index (χ1v) is 4.91. The Labute approximate surface area is 87.9 Å². The zero-order valence-electron chi connectivity index (χ0n) is 8.27. The monoisotopic (exact) mass is 207 g/mol. The number of carbonyl (C=O) groups excluding carboxylic acids is 1. The van der Waals surface area contributed by atoms with Gasteiger partial charge in [-0.1, -0.05) is 18.2 Å². The Balaban J connectivity index is 1.97. The Kier molecular flexibility index (Phi) is 2.87. The molecular formula is C11H13NO3. The molecule has 4 heteroatoms. The molecule has 4 nitrogen and oxygen atoms in total. The molecule has 1 saturated heterocycles. The lowest BCUT2D eigenvalue weighted by Gasteiger charge is -2.23. The largest absolute Gasteiger partial charge is 0.508 e. The minimum absolute atomic E-state index is 0.0454. The Morgan fingerprint density at radius 2 is 2.27 bits per heavy atom. The topological polar surface area (TPSA) is 58.6 Å². The van der Waals surface area contributed by atoms with Crippen molar-refractivity contribution < 1.29 is 14.6 Å². The van der Waals surface area contributed by atoms with Crippen molar-refractivity contribution in [2.45, 2.75) is 12.5 Å². The van der Waals surface area contributed by atoms with Gasteiger partial charge in [0.1, 0.15) is 12.4 Å². The molecule has 0 bridgehead atoms. The predicted molar refractivity (Wildman–Crippen MR) is 54.6 cm³/mol. The molecule has 1 amide bonds. The van der Waals surface area contributed by atoms with Crippen LogP contribution in [0.3, 0.4) is 0 Å². The van der Waals surface area contributed by atoms with E-state index in [9.17, 15) is 9.90 Å². The summed E-state index contributed by atoms with van der Waals surface area (Å²) in [6.07, 6.45) is 0.573. The lowest BCUT2D eigenvalue weighted by atomic mass is 10.1. The molecule has 1 aliphatic rings. The van der Waals surface area contributed by atoms with E-state index in [1.807, 2.05) is 12.1 Å². The second-order valence-electron chi connectivity index (χ2n) is 3.57. The van der Waals surface area contributed by atoms with Gasteiger partial charge in [-0.15, -0.1) is 0 Å². The van der Waals surface area contributed by atoms with Crippen molar-refractivity contribution in [2.75, 3.05) is 13.2 Å². The van der Waals surface area contributed by atoms with Crippen LogP contribution in [0.25, 0.3) is 0 Å². The van der Waals surface area contributed by atoms with Crippen molar-refractivity contribution in [3.63, 3.8) is 0 Å². The van der Waals surface area contributed by atoms with E-state index >= 15 is 0 Å². The number of morpholine rings is 1. The highest BCUT2D eigenvalue weighted by Crippen LogP contribution is 2.18. The molecule has 0 saturated carbocycles. The molecule has 1 fully saturated rings. The van der Waals surface area contributed by atoms with Gasteiger partial charge in [0.05, 0.1) is 6.10 Å². The van der Waals surface area contributed by atoms with Gasteiger partial charge in [0.25, 0.3) is 0 Å². The average molecular weight is 207 g/mol. The average Bonchev–Trinajstić information content (AvgIpc) is 2.25. The zero-order valence-corrected chi connectivity index (χ0v) is 8.27. The maximum absolute atomic E-state index is 10.8. The van der Waals surface area contributed by atoms with Gasteiger partial charge in [-0.3, -0.25) is 4.79 Å². The molecule has 2 N–H and O–H groups in total. The predicted octanol–water partition coefficient (Wildman–Crippen LogP) is 0.450. The number of aromatic hydroxyl groups is 1. The molecule has 80 valence electrons. The van der Waals surface area contributed by atoms with Gasteiger partial charge in [-0.25, -0.2) is 0 Å². The lowest BCUT2D eigenvalue weighted by molar-refractivity contribution is -0.133. The molecule has 1 aromatic rings. The van der Waals surface area contributed by atoms with Crippen LogP contribution in [0.2, 0.25) is 0 Å². The molecule has 1 aliphatic heterocycles. The van der Waals surface area contributed by atoms with E-state index in [4.69, 9.17) is 4.74 Å². The third kappa shape index (κ3) is 2.47. The van der Waals surface area contributed by atoms with Gasteiger partial charge in [-0.2, -0.15) is 0 Å². The summed E-state index contributed by atoms with van der Waals surface area (Å²) in [7, 11) is 0. The van der Waals surface area contributed by atoms with E-state index in [1.54, 1.807) is 12.1 Å². The minimum Gasteiger partial charge on any atom is -0.508 e. The third-order valence-electron chi connectivity index (χ3n) is 2.42. The van der Waals surface area contributed by atoms with E-state index in [2.05, 4.69) is 5.32 Å². The summed E-state index contributed by atoms with van der Waals surface area (Å²) in [5.41, 5.74) is 0.846. The van der Waals surface area contributed by atoms with Gasteiger partial charge in [-0.05, 0) is 11.6 Å². The number of ether oxygens (including phenoxy) is 1. The summed E-state index contributed by atoms with van der Waals surface area (Å²) in [6.45, 7) is 0.616. The van der Waals surface area contributed by atoms with E-state index in [1.165, 1.54) is 0 Å². The molecule has 1 unspecified atom stereocenters. The number of rotatable bonds is 2. The van der Waals surface area contributed by atoms with Gasteiger partial charge < -0.3 is 15.2 Å². The van der Waals surface area contributed by atoms with Crippen molar-refractivity contribution in [3.05, 3.63) is 29.8 Å².